The van der Waals surface area contributed by atoms with Gasteiger partial charge in [0.05, 0.1) is 24.4 Å². The van der Waals surface area contributed by atoms with Crippen molar-refractivity contribution in [3.05, 3.63) is 53.9 Å². The number of Topliss-reactive ketones (excluding diaryl/α,β-unsaturated/α-hetero) is 3. The highest BCUT2D eigenvalue weighted by atomic mass is 16.6. The van der Waals surface area contributed by atoms with Crippen LogP contribution in [-0.2, 0) is 47.7 Å². The zero-order valence-corrected chi connectivity index (χ0v) is 42.5. The molecule has 2 bridgehead atoms. The number of cyclic esters (lactones) is 1. The summed E-state index contributed by atoms with van der Waals surface area (Å²) in [4.78, 5) is 72.6. The highest BCUT2D eigenvalue weighted by molar-refractivity contribution is 6.09. The predicted octanol–water partition coefficient (Wildman–Crippen LogP) is 6.05. The summed E-state index contributed by atoms with van der Waals surface area (Å²) in [6, 6.07) is -1.21. The number of nitrogens with zero attached hydrogens (tertiary/aromatic N) is 5. The Morgan fingerprint density at radius 1 is 0.870 bits per heavy atom. The average Bonchev–Trinajstić information content (AvgIpc) is 3.85. The molecular weight excluding hydrogens is 887 g/mol. The largest absolute Gasteiger partial charge is 0.460 e. The molecule has 1 amide bonds. The average molecular weight is 966 g/mol. The zero-order chi connectivity index (χ0) is 50.6. The third kappa shape index (κ3) is 14.2. The number of methoxy groups -OCH3 is 3. The number of piperidine rings is 1. The van der Waals surface area contributed by atoms with E-state index in [1.807, 2.05) is 58.1 Å². The van der Waals surface area contributed by atoms with Crippen LogP contribution in [0.5, 0.6) is 0 Å². The first-order chi connectivity index (χ1) is 32.8. The Labute approximate surface area is 408 Å². The second-order valence-electron chi connectivity index (χ2n) is 20.4. The van der Waals surface area contributed by atoms with Crippen molar-refractivity contribution in [1.82, 2.24) is 25.1 Å². The number of rotatable bonds is 7. The molecule has 4 aliphatic rings. The van der Waals surface area contributed by atoms with E-state index in [0.717, 1.165) is 18.4 Å². The number of allylic oxidation sites excluding steroid dienone is 6. The predicted molar refractivity (Wildman–Crippen MR) is 256 cm³/mol. The minimum atomic E-state index is -2.86. The molecule has 17 nitrogen and oxygen atoms in total. The lowest BCUT2D eigenvalue weighted by Crippen LogP contribution is -2.62. The van der Waals surface area contributed by atoms with E-state index in [0.29, 0.717) is 50.5 Å². The summed E-state index contributed by atoms with van der Waals surface area (Å²) >= 11 is 0. The number of aromatic nitrogens is 4. The number of tetrazole rings is 1. The topological polar surface area (TPSA) is 219 Å². The molecule has 0 aromatic carbocycles. The normalized spacial score (nSPS) is 38.0. The molecule has 2 saturated heterocycles. The highest BCUT2D eigenvalue weighted by Crippen LogP contribution is 2.39. The van der Waals surface area contributed by atoms with E-state index in [9.17, 15) is 34.2 Å². The van der Waals surface area contributed by atoms with Gasteiger partial charge in [0.15, 0.2) is 5.78 Å². The molecule has 17 heteroatoms. The van der Waals surface area contributed by atoms with E-state index in [-0.39, 0.29) is 67.3 Å². The van der Waals surface area contributed by atoms with Crippen molar-refractivity contribution in [1.29, 1.82) is 0 Å². The highest BCUT2D eigenvalue weighted by Gasteiger charge is 2.55. The monoisotopic (exact) mass is 966 g/mol. The molecular formula is C52H79N5O12. The van der Waals surface area contributed by atoms with Gasteiger partial charge in [-0.05, 0) is 117 Å². The van der Waals surface area contributed by atoms with Gasteiger partial charge in [0.2, 0.25) is 5.78 Å². The second kappa shape index (κ2) is 25.7. The molecule has 4 heterocycles. The van der Waals surface area contributed by atoms with Crippen LogP contribution in [0.3, 0.4) is 0 Å². The summed E-state index contributed by atoms with van der Waals surface area (Å²) < 4.78 is 31.7. The molecule has 0 radical (unpaired) electrons. The Kier molecular flexibility index (Phi) is 20.8. The van der Waals surface area contributed by atoms with Gasteiger partial charge in [-0.1, -0.05) is 71.1 Å². The van der Waals surface area contributed by atoms with Crippen LogP contribution in [0.2, 0.25) is 0 Å². The fraction of sp³-hybridized carbons (Fsp3) is 0.731. The number of aliphatic hydroxyl groups excluding tert-OH is 1. The van der Waals surface area contributed by atoms with Crippen LogP contribution < -0.4 is 0 Å². The lowest BCUT2D eigenvalue weighted by atomic mass is 9.77. The van der Waals surface area contributed by atoms with Gasteiger partial charge < -0.3 is 38.8 Å². The second-order valence-corrected chi connectivity index (χ2v) is 20.4. The van der Waals surface area contributed by atoms with Crippen molar-refractivity contribution in [2.24, 2.45) is 35.5 Å². The number of carbonyl (C=O) groups is 5. The summed E-state index contributed by atoms with van der Waals surface area (Å²) in [5.74, 6) is -7.98. The number of carbonyl (C=O) groups excluding carboxylic acids is 5. The van der Waals surface area contributed by atoms with E-state index in [1.54, 1.807) is 52.1 Å². The lowest BCUT2D eigenvalue weighted by molar-refractivity contribution is -0.231. The molecule has 0 spiro atoms. The molecule has 1 aliphatic carbocycles. The van der Waals surface area contributed by atoms with Crippen LogP contribution in [0.1, 0.15) is 132 Å². The van der Waals surface area contributed by atoms with Gasteiger partial charge in [-0.2, -0.15) is 0 Å². The Hall–Kier alpha value is -4.26. The molecule has 384 valence electrons. The first-order valence-corrected chi connectivity index (χ1v) is 25.0. The van der Waals surface area contributed by atoms with Gasteiger partial charge in [-0.3, -0.25) is 19.2 Å². The number of ketones is 3. The summed E-state index contributed by atoms with van der Waals surface area (Å²) in [7, 11) is 4.61. The van der Waals surface area contributed by atoms with Crippen LogP contribution in [0.25, 0.3) is 0 Å². The van der Waals surface area contributed by atoms with E-state index in [2.05, 4.69) is 15.5 Å². The third-order valence-corrected chi connectivity index (χ3v) is 15.1. The van der Waals surface area contributed by atoms with Crippen LogP contribution in [0, 0.1) is 35.5 Å². The van der Waals surface area contributed by atoms with Crippen molar-refractivity contribution in [3.63, 3.8) is 0 Å². The van der Waals surface area contributed by atoms with Gasteiger partial charge in [-0.25, -0.2) is 9.48 Å². The maximum Gasteiger partial charge on any atom is 0.329 e. The lowest BCUT2D eigenvalue weighted by Gasteiger charge is -2.40. The molecule has 1 aromatic heterocycles. The van der Waals surface area contributed by atoms with Crippen molar-refractivity contribution in [2.45, 2.75) is 180 Å². The number of ether oxygens (including phenoxy) is 5. The van der Waals surface area contributed by atoms with Crippen molar-refractivity contribution in [2.75, 3.05) is 27.9 Å². The van der Waals surface area contributed by atoms with Gasteiger partial charge in [0.25, 0.3) is 5.91 Å². The number of hydrogen-bond acceptors (Lipinski definition) is 15. The molecule has 69 heavy (non-hydrogen) atoms. The molecule has 5 rings (SSSR count). The number of aliphatic hydroxyl groups is 2. The summed E-state index contributed by atoms with van der Waals surface area (Å²) in [6.07, 6.45) is 13.4. The van der Waals surface area contributed by atoms with Crippen LogP contribution in [0.15, 0.2) is 53.9 Å². The Balaban J connectivity index is 1.49. The van der Waals surface area contributed by atoms with Gasteiger partial charge >= 0.3 is 11.8 Å². The first kappa shape index (κ1) is 55.7. The molecule has 3 fully saturated rings. The van der Waals surface area contributed by atoms with Crippen LogP contribution in [0.4, 0.5) is 0 Å². The fourth-order valence-corrected chi connectivity index (χ4v) is 10.7. The quantitative estimate of drug-likeness (QED) is 0.181. The van der Waals surface area contributed by atoms with E-state index < -0.39 is 77.8 Å². The fourth-order valence-electron chi connectivity index (χ4n) is 10.7. The van der Waals surface area contributed by atoms with E-state index >= 15 is 0 Å². The van der Waals surface area contributed by atoms with Crippen LogP contribution >= 0.6 is 0 Å². The molecule has 3 aliphatic heterocycles. The number of fused-ring (bicyclic) bond motifs is 3. The Morgan fingerprint density at radius 2 is 1.62 bits per heavy atom. The Morgan fingerprint density at radius 3 is 2.30 bits per heavy atom. The molecule has 15 atom stereocenters. The van der Waals surface area contributed by atoms with Crippen molar-refractivity contribution in [3.8, 4) is 0 Å². The molecule has 1 aromatic rings. The third-order valence-electron chi connectivity index (χ3n) is 15.1. The summed E-state index contributed by atoms with van der Waals surface area (Å²) in [6.45, 7) is 12.8. The molecule has 2 unspecified atom stereocenters. The maximum absolute atomic E-state index is 14.7. The minimum absolute atomic E-state index is 0.0124. The maximum atomic E-state index is 14.7. The van der Waals surface area contributed by atoms with Gasteiger partial charge in [0, 0.05) is 58.5 Å². The Bertz CT molecular complexity index is 2020. The van der Waals surface area contributed by atoms with E-state index in [1.165, 1.54) is 12.0 Å². The number of hydrogen-bond donors (Lipinski definition) is 2. The van der Waals surface area contributed by atoms with Crippen LogP contribution in [-0.4, -0.2) is 141 Å². The van der Waals surface area contributed by atoms with Gasteiger partial charge in [-0.15, -0.1) is 5.10 Å². The van der Waals surface area contributed by atoms with Crippen molar-refractivity contribution < 1.29 is 57.9 Å². The summed E-state index contributed by atoms with van der Waals surface area (Å²) in [5.41, 5.74) is 1.24. The smallest absolute Gasteiger partial charge is 0.329 e. The first-order valence-electron chi connectivity index (χ1n) is 25.0. The van der Waals surface area contributed by atoms with Crippen molar-refractivity contribution >= 4 is 29.2 Å². The molecule has 1 saturated carbocycles. The molecule has 2 N–H and O–H groups in total. The summed E-state index contributed by atoms with van der Waals surface area (Å²) in [5, 5.41) is 35.4. The minimum Gasteiger partial charge on any atom is -0.460 e. The number of amides is 1. The SMILES string of the molecule is CO[C@H]1C[C@@H]2CC[C@@H](C)C(=O)C(O)(O2)C(=O)N2CCCCC2C(=O)O[C@H]([C@H](C)C[C@@H]2CC[C@@H](n3cnnn3)[C@H](OC)C2)CC(=O)[C@H](C)/C=C(\C)[C@@H](O)[C@@H](OC)C(=O)[C@@H](C)C[C@H](C)/C=C/C=C/C=C1C. The standard InChI is InChI=1S/C52H79N5O12/c1-31-16-12-11-13-17-32(2)43(65-8)28-39-21-19-33(3)49(61)52(64,69-39)51(63)56-23-15-14-18-41(56)50(62)68-44(35(5)26-38-20-22-40(45(27-38)66-9)57-30-53-54-55-57)29-42(58)34(4)25-37(7)47(60)48(67-10)46(59)36(6)24-31/h11-13,16-17,25,30-31,33-36,38-41,43-45,47-48,60,64H,14-15,18-24,26-29H2,1-10H3/b13-11+,16-12+,32-17?,37-25+/t31-,33-,34-,35-,36+,38+,39+,40-,41?,43+,44+,45-,47-,48+,52?/m1/s1. The van der Waals surface area contributed by atoms with Gasteiger partial charge in [0.1, 0.15) is 36.5 Å². The van der Waals surface area contributed by atoms with E-state index in [4.69, 9.17) is 23.7 Å². The zero-order valence-electron chi connectivity index (χ0n) is 42.5. The number of esters is 1.